The smallest absolute Gasteiger partial charge is 0.229 e. The lowest BCUT2D eigenvalue weighted by molar-refractivity contribution is -0.125. The Kier molecular flexibility index (Phi) is 4.32. The first kappa shape index (κ1) is 14.9. The van der Waals surface area contributed by atoms with Gasteiger partial charge >= 0.3 is 0 Å². The highest BCUT2D eigenvalue weighted by atomic mass is 16.5. The number of nitrogens with one attached hydrogen (secondary N) is 1. The molecule has 0 bridgehead atoms. The van der Waals surface area contributed by atoms with E-state index in [0.29, 0.717) is 13.0 Å². The molecule has 5 nitrogen and oxygen atoms in total. The van der Waals surface area contributed by atoms with E-state index in [4.69, 9.17) is 4.74 Å². The Morgan fingerprint density at radius 1 is 1.32 bits per heavy atom. The van der Waals surface area contributed by atoms with E-state index in [9.17, 15) is 9.59 Å². The van der Waals surface area contributed by atoms with Crippen molar-refractivity contribution in [3.8, 4) is 5.75 Å². The quantitative estimate of drug-likeness (QED) is 0.926. The minimum absolute atomic E-state index is 0.0463. The molecule has 1 aromatic rings. The van der Waals surface area contributed by atoms with Crippen LogP contribution in [-0.2, 0) is 9.59 Å². The van der Waals surface area contributed by atoms with Crippen molar-refractivity contribution < 1.29 is 14.3 Å². The zero-order chi connectivity index (χ0) is 15.5. The first-order chi connectivity index (χ1) is 10.7. The minimum atomic E-state index is -0.0909. The lowest BCUT2D eigenvalue weighted by Crippen LogP contribution is -2.40. The van der Waals surface area contributed by atoms with E-state index in [1.54, 1.807) is 12.0 Å². The fourth-order valence-corrected chi connectivity index (χ4v) is 3.34. The van der Waals surface area contributed by atoms with E-state index in [0.717, 1.165) is 37.1 Å². The second-order valence-electron chi connectivity index (χ2n) is 6.10. The number of methoxy groups -OCH3 is 1. The van der Waals surface area contributed by atoms with Crippen molar-refractivity contribution in [3.63, 3.8) is 0 Å². The maximum atomic E-state index is 12.2. The van der Waals surface area contributed by atoms with Crippen LogP contribution >= 0.6 is 0 Å². The molecule has 1 saturated heterocycles. The molecule has 0 radical (unpaired) electrons. The molecule has 118 valence electrons. The highest BCUT2D eigenvalue weighted by Crippen LogP contribution is 2.27. The van der Waals surface area contributed by atoms with Gasteiger partial charge in [0.25, 0.3) is 0 Å². The molecule has 22 heavy (non-hydrogen) atoms. The zero-order valence-electron chi connectivity index (χ0n) is 12.9. The molecule has 1 aromatic carbocycles. The van der Waals surface area contributed by atoms with Gasteiger partial charge in [0, 0.05) is 30.6 Å². The molecule has 1 heterocycles. The number of hydrogen-bond acceptors (Lipinski definition) is 3. The van der Waals surface area contributed by atoms with Gasteiger partial charge in [-0.2, -0.15) is 0 Å². The Bertz CT molecular complexity index is 567. The van der Waals surface area contributed by atoms with Crippen LogP contribution in [0, 0.1) is 5.92 Å². The molecule has 0 spiro atoms. The largest absolute Gasteiger partial charge is 0.497 e. The average molecular weight is 302 g/mol. The highest BCUT2D eigenvalue weighted by molar-refractivity contribution is 5.97. The monoisotopic (exact) mass is 302 g/mol. The van der Waals surface area contributed by atoms with Crippen LogP contribution < -0.4 is 15.0 Å². The molecule has 2 amide bonds. The van der Waals surface area contributed by atoms with E-state index in [2.05, 4.69) is 5.32 Å². The molecule has 3 rings (SSSR count). The Balaban J connectivity index is 1.63. The van der Waals surface area contributed by atoms with Crippen LogP contribution in [0.5, 0.6) is 5.75 Å². The summed E-state index contributed by atoms with van der Waals surface area (Å²) < 4.78 is 5.20. The molecule has 1 unspecified atom stereocenters. The summed E-state index contributed by atoms with van der Waals surface area (Å²) in [4.78, 5) is 26.1. The molecule has 2 fully saturated rings. The van der Waals surface area contributed by atoms with E-state index < -0.39 is 0 Å². The van der Waals surface area contributed by atoms with Crippen molar-refractivity contribution >= 4 is 17.5 Å². The van der Waals surface area contributed by atoms with Crippen molar-refractivity contribution in [3.05, 3.63) is 24.3 Å². The molecule has 0 aromatic heterocycles. The van der Waals surface area contributed by atoms with Gasteiger partial charge in [0.2, 0.25) is 11.8 Å². The molecule has 1 N–H and O–H groups in total. The van der Waals surface area contributed by atoms with E-state index >= 15 is 0 Å². The summed E-state index contributed by atoms with van der Waals surface area (Å²) in [5.41, 5.74) is 0.821. The second-order valence-corrected chi connectivity index (χ2v) is 6.10. The maximum Gasteiger partial charge on any atom is 0.229 e. The van der Waals surface area contributed by atoms with Gasteiger partial charge in [0.05, 0.1) is 13.2 Å². The number of hydrogen-bond donors (Lipinski definition) is 1. The topological polar surface area (TPSA) is 58.6 Å². The van der Waals surface area contributed by atoms with Crippen LogP contribution in [0.1, 0.15) is 32.1 Å². The molecule has 1 aliphatic carbocycles. The number of ether oxygens (including phenoxy) is 1. The second kappa shape index (κ2) is 6.38. The molecule has 5 heteroatoms. The Hall–Kier alpha value is -2.04. The van der Waals surface area contributed by atoms with Gasteiger partial charge in [-0.3, -0.25) is 9.59 Å². The van der Waals surface area contributed by atoms with Crippen LogP contribution in [0.4, 0.5) is 5.69 Å². The number of carbonyl (C=O) groups excluding carboxylic acids is 2. The fraction of sp³-hybridized carbons (Fsp3) is 0.529. The third-order valence-corrected chi connectivity index (χ3v) is 4.56. The fourth-order valence-electron chi connectivity index (χ4n) is 3.34. The lowest BCUT2D eigenvalue weighted by Gasteiger charge is -2.19. The molecule has 1 aliphatic heterocycles. The summed E-state index contributed by atoms with van der Waals surface area (Å²) in [6.07, 6.45) is 4.60. The third-order valence-electron chi connectivity index (χ3n) is 4.56. The van der Waals surface area contributed by atoms with Crippen molar-refractivity contribution in [1.82, 2.24) is 5.32 Å². The zero-order valence-corrected chi connectivity index (χ0v) is 12.9. The molecule has 2 aliphatic rings. The first-order valence-corrected chi connectivity index (χ1v) is 7.92. The average Bonchev–Trinajstić information content (AvgIpc) is 3.17. The normalized spacial score (nSPS) is 22.1. The Labute approximate surface area is 130 Å². The van der Waals surface area contributed by atoms with E-state index in [1.807, 2.05) is 24.3 Å². The van der Waals surface area contributed by atoms with Crippen molar-refractivity contribution in [2.45, 2.75) is 38.1 Å². The molecule has 1 saturated carbocycles. The number of benzene rings is 1. The third kappa shape index (κ3) is 3.08. The van der Waals surface area contributed by atoms with Gasteiger partial charge in [-0.05, 0) is 25.0 Å². The standard InChI is InChI=1S/C17H22N2O3/c1-22-15-8-4-7-14(10-15)19-11-13(9-16(19)20)18-17(21)12-5-2-3-6-12/h4,7-8,10,12-13H,2-3,5-6,9,11H2,1H3,(H,18,21). The highest BCUT2D eigenvalue weighted by Gasteiger charge is 2.33. The van der Waals surface area contributed by atoms with Crippen molar-refractivity contribution in [2.75, 3.05) is 18.6 Å². The number of nitrogens with zero attached hydrogens (tertiary/aromatic N) is 1. The summed E-state index contributed by atoms with van der Waals surface area (Å²) in [6.45, 7) is 0.532. The number of anilines is 1. The summed E-state index contributed by atoms with van der Waals surface area (Å²) in [7, 11) is 1.61. The summed E-state index contributed by atoms with van der Waals surface area (Å²) >= 11 is 0. The van der Waals surface area contributed by atoms with Crippen LogP contribution in [0.3, 0.4) is 0 Å². The SMILES string of the molecule is COc1cccc(N2CC(NC(=O)C3CCCC3)CC2=O)c1. The Morgan fingerprint density at radius 3 is 2.82 bits per heavy atom. The van der Waals surface area contributed by atoms with E-state index in [1.165, 1.54) is 0 Å². The number of carbonyl (C=O) groups is 2. The van der Waals surface area contributed by atoms with Gasteiger partial charge in [-0.15, -0.1) is 0 Å². The summed E-state index contributed by atoms with van der Waals surface area (Å²) in [6, 6.07) is 7.36. The van der Waals surface area contributed by atoms with Crippen molar-refractivity contribution in [2.24, 2.45) is 5.92 Å². The maximum absolute atomic E-state index is 12.2. The van der Waals surface area contributed by atoms with E-state index in [-0.39, 0.29) is 23.8 Å². The summed E-state index contributed by atoms with van der Waals surface area (Å²) in [5, 5.41) is 3.05. The molecule has 1 atom stereocenters. The van der Waals surface area contributed by atoms with Gasteiger partial charge < -0.3 is 15.0 Å². The van der Waals surface area contributed by atoms with Crippen LogP contribution in [0.2, 0.25) is 0 Å². The van der Waals surface area contributed by atoms with Gasteiger partial charge in [-0.1, -0.05) is 18.9 Å². The van der Waals surface area contributed by atoms with Crippen LogP contribution in [-0.4, -0.2) is 31.5 Å². The van der Waals surface area contributed by atoms with Crippen molar-refractivity contribution in [1.29, 1.82) is 0 Å². The molecular formula is C17H22N2O3. The number of rotatable bonds is 4. The van der Waals surface area contributed by atoms with Gasteiger partial charge in [-0.25, -0.2) is 0 Å². The van der Waals surface area contributed by atoms with Gasteiger partial charge in [0.15, 0.2) is 0 Å². The lowest BCUT2D eigenvalue weighted by atomic mass is 10.1. The predicted molar refractivity (Wildman–Crippen MR) is 83.9 cm³/mol. The molecular weight excluding hydrogens is 280 g/mol. The van der Waals surface area contributed by atoms with Crippen LogP contribution in [0.15, 0.2) is 24.3 Å². The number of amides is 2. The predicted octanol–water partition coefficient (Wildman–Crippen LogP) is 2.11. The minimum Gasteiger partial charge on any atom is -0.497 e. The summed E-state index contributed by atoms with van der Waals surface area (Å²) in [5.74, 6) is 1.03. The Morgan fingerprint density at radius 2 is 2.09 bits per heavy atom. The first-order valence-electron chi connectivity index (χ1n) is 7.92. The van der Waals surface area contributed by atoms with Crippen LogP contribution in [0.25, 0.3) is 0 Å². The van der Waals surface area contributed by atoms with Gasteiger partial charge in [0.1, 0.15) is 5.75 Å².